The van der Waals surface area contributed by atoms with Crippen LogP contribution in [0.25, 0.3) is 22.2 Å². The van der Waals surface area contributed by atoms with E-state index in [1.165, 1.54) is 6.33 Å². The zero-order valence-electron chi connectivity index (χ0n) is 22.1. The average Bonchev–Trinajstić information content (AvgIpc) is 3.44. The summed E-state index contributed by atoms with van der Waals surface area (Å²) < 4.78 is 23.8. The largest absolute Gasteiger partial charge is 0.487 e. The van der Waals surface area contributed by atoms with Gasteiger partial charge in [0.1, 0.15) is 36.2 Å². The van der Waals surface area contributed by atoms with Crippen molar-refractivity contribution in [3.63, 3.8) is 0 Å². The maximum Gasteiger partial charge on any atom is 0.163 e. The topological polar surface area (TPSA) is 118 Å². The number of ether oxygens (including phenoxy) is 4. The molecule has 0 aliphatic rings. The summed E-state index contributed by atoms with van der Waals surface area (Å²) in [6.07, 6.45) is 5.13. The lowest BCUT2D eigenvalue weighted by Crippen LogP contribution is -2.09. The number of fused-ring (bicyclic) bond motifs is 1. The molecule has 0 aliphatic carbocycles. The van der Waals surface area contributed by atoms with E-state index in [1.807, 2.05) is 48.7 Å². The molecule has 0 amide bonds. The summed E-state index contributed by atoms with van der Waals surface area (Å²) in [5.74, 6) is 1.77. The number of halogens is 1. The second-order valence-electron chi connectivity index (χ2n) is 8.72. The number of pyridine rings is 1. The lowest BCUT2D eigenvalue weighted by molar-refractivity contribution is 0.132. The van der Waals surface area contributed by atoms with Gasteiger partial charge in [0.2, 0.25) is 0 Å². The number of anilines is 2. The van der Waals surface area contributed by atoms with Crippen LogP contribution in [-0.2, 0) is 16.0 Å². The second-order valence-corrected chi connectivity index (χ2v) is 9.10. The molecule has 0 unspecified atom stereocenters. The third-order valence-corrected chi connectivity index (χ3v) is 6.11. The molecule has 0 bridgehead atoms. The molecule has 40 heavy (non-hydrogen) atoms. The van der Waals surface area contributed by atoms with Gasteiger partial charge in [-0.3, -0.25) is 0 Å². The maximum atomic E-state index is 5.95. The number of hydrogen-bond acceptors (Lipinski definition) is 10. The second kappa shape index (κ2) is 13.2. The molecule has 0 aliphatic heterocycles. The van der Waals surface area contributed by atoms with Gasteiger partial charge in [0.25, 0.3) is 0 Å². The van der Waals surface area contributed by atoms with Crippen molar-refractivity contribution in [3.8, 4) is 22.8 Å². The van der Waals surface area contributed by atoms with Crippen LogP contribution in [0.3, 0.4) is 0 Å². The van der Waals surface area contributed by atoms with Gasteiger partial charge in [-0.1, -0.05) is 35.0 Å². The molecular formula is C28H28ClN7O4. The van der Waals surface area contributed by atoms with Gasteiger partial charge < -0.3 is 24.3 Å². The Kier molecular flexibility index (Phi) is 8.96. The van der Waals surface area contributed by atoms with Crippen molar-refractivity contribution in [1.29, 1.82) is 0 Å². The Morgan fingerprint density at radius 3 is 2.42 bits per heavy atom. The number of aromatic nitrogens is 6. The molecule has 3 aromatic heterocycles. The van der Waals surface area contributed by atoms with Crippen LogP contribution in [0.5, 0.6) is 11.5 Å². The van der Waals surface area contributed by atoms with E-state index in [1.54, 1.807) is 31.2 Å². The predicted octanol–water partition coefficient (Wildman–Crippen LogP) is 4.78. The highest BCUT2D eigenvalue weighted by Gasteiger charge is 2.14. The van der Waals surface area contributed by atoms with E-state index in [9.17, 15) is 0 Å². The summed E-state index contributed by atoms with van der Waals surface area (Å²) in [6.45, 7) is 2.19. The minimum absolute atomic E-state index is 0.371. The van der Waals surface area contributed by atoms with Crippen LogP contribution >= 0.6 is 11.6 Å². The summed E-state index contributed by atoms with van der Waals surface area (Å²) in [5, 5.41) is 13.3. The molecule has 0 atom stereocenters. The van der Waals surface area contributed by atoms with Gasteiger partial charge in [-0.05, 0) is 29.8 Å². The highest BCUT2D eigenvalue weighted by atomic mass is 35.5. The minimum Gasteiger partial charge on any atom is -0.487 e. The first-order valence-corrected chi connectivity index (χ1v) is 12.9. The molecule has 11 nitrogen and oxygen atoms in total. The van der Waals surface area contributed by atoms with E-state index in [0.29, 0.717) is 61.0 Å². The Hall–Kier alpha value is -4.32. The quantitative estimate of drug-likeness (QED) is 0.159. The third-order valence-electron chi connectivity index (χ3n) is 5.88. The Labute approximate surface area is 236 Å². The third kappa shape index (κ3) is 6.81. The van der Waals surface area contributed by atoms with Gasteiger partial charge in [0.05, 0.1) is 31.5 Å². The first-order chi connectivity index (χ1) is 19.6. The first-order valence-electron chi connectivity index (χ1n) is 12.5. The molecule has 0 fully saturated rings. The van der Waals surface area contributed by atoms with Crippen molar-refractivity contribution in [2.24, 2.45) is 0 Å². The van der Waals surface area contributed by atoms with Gasteiger partial charge in [-0.25, -0.2) is 19.6 Å². The molecule has 0 radical (unpaired) electrons. The molecule has 2 aromatic carbocycles. The Balaban J connectivity index is 1.38. The van der Waals surface area contributed by atoms with Crippen molar-refractivity contribution in [3.05, 3.63) is 78.0 Å². The smallest absolute Gasteiger partial charge is 0.163 e. The molecular weight excluding hydrogens is 534 g/mol. The van der Waals surface area contributed by atoms with Crippen molar-refractivity contribution >= 4 is 34.0 Å². The fourth-order valence-electron chi connectivity index (χ4n) is 3.95. The SMILES string of the molecule is COCCOc1cc2ncnc(Nc3cccc(-c4cn(Cc5ccc(Cl)nc5)nn4)c3)c2cc1OCCOC. The lowest BCUT2D eigenvalue weighted by Gasteiger charge is -2.15. The molecule has 3 heterocycles. The Bertz CT molecular complexity index is 1560. The number of methoxy groups -OCH3 is 2. The van der Waals surface area contributed by atoms with Crippen LogP contribution in [0.15, 0.2) is 67.3 Å². The Morgan fingerprint density at radius 1 is 0.875 bits per heavy atom. The average molecular weight is 562 g/mol. The van der Waals surface area contributed by atoms with Crippen LogP contribution in [0.4, 0.5) is 11.5 Å². The van der Waals surface area contributed by atoms with Crippen LogP contribution in [0, 0.1) is 0 Å². The van der Waals surface area contributed by atoms with Gasteiger partial charge in [-0.2, -0.15) is 0 Å². The number of nitrogens with one attached hydrogen (secondary N) is 1. The highest BCUT2D eigenvalue weighted by molar-refractivity contribution is 6.29. The Morgan fingerprint density at radius 2 is 1.68 bits per heavy atom. The molecule has 0 spiro atoms. The summed E-state index contributed by atoms with van der Waals surface area (Å²) in [4.78, 5) is 13.1. The van der Waals surface area contributed by atoms with E-state index in [0.717, 1.165) is 27.9 Å². The van der Waals surface area contributed by atoms with E-state index >= 15 is 0 Å². The molecule has 5 aromatic rings. The van der Waals surface area contributed by atoms with E-state index in [2.05, 4.69) is 30.6 Å². The normalized spacial score (nSPS) is 11.1. The molecule has 12 heteroatoms. The fourth-order valence-corrected chi connectivity index (χ4v) is 4.06. The van der Waals surface area contributed by atoms with Crippen LogP contribution in [0.1, 0.15) is 5.56 Å². The number of nitrogens with zero attached hydrogens (tertiary/aromatic N) is 6. The van der Waals surface area contributed by atoms with Crippen LogP contribution in [0.2, 0.25) is 5.15 Å². The van der Waals surface area contributed by atoms with Gasteiger partial charge in [0, 0.05) is 43.1 Å². The molecule has 5 rings (SSSR count). The summed E-state index contributed by atoms with van der Waals surface area (Å²) in [7, 11) is 3.25. The minimum atomic E-state index is 0.371. The van der Waals surface area contributed by atoms with Crippen molar-refractivity contribution in [1.82, 2.24) is 29.9 Å². The zero-order chi connectivity index (χ0) is 27.7. The van der Waals surface area contributed by atoms with E-state index < -0.39 is 0 Å². The van der Waals surface area contributed by atoms with Gasteiger partial charge >= 0.3 is 0 Å². The van der Waals surface area contributed by atoms with Crippen molar-refractivity contribution < 1.29 is 18.9 Å². The van der Waals surface area contributed by atoms with E-state index in [-0.39, 0.29) is 0 Å². The standard InChI is InChI=1S/C28H28ClN7O4/c1-37-8-10-39-25-13-22-23(14-26(25)40-11-9-38-2)31-18-32-28(22)33-21-5-3-4-20(12-21)24-17-36(35-34-24)16-19-6-7-27(29)30-15-19/h3-7,12-15,17-18H,8-11,16H2,1-2H3,(H,31,32,33). The maximum absolute atomic E-state index is 5.95. The lowest BCUT2D eigenvalue weighted by atomic mass is 10.1. The van der Waals surface area contributed by atoms with Crippen LogP contribution < -0.4 is 14.8 Å². The van der Waals surface area contributed by atoms with Gasteiger partial charge in [0.15, 0.2) is 11.5 Å². The molecule has 1 N–H and O–H groups in total. The van der Waals surface area contributed by atoms with Gasteiger partial charge in [-0.15, -0.1) is 5.10 Å². The van der Waals surface area contributed by atoms with E-state index in [4.69, 9.17) is 30.5 Å². The molecule has 0 saturated heterocycles. The number of benzene rings is 2. The summed E-state index contributed by atoms with van der Waals surface area (Å²) in [6, 6.07) is 15.3. The highest BCUT2D eigenvalue weighted by Crippen LogP contribution is 2.35. The first kappa shape index (κ1) is 27.3. The predicted molar refractivity (Wildman–Crippen MR) is 151 cm³/mol. The molecule has 0 saturated carbocycles. The fraction of sp³-hybridized carbons (Fsp3) is 0.250. The van der Waals surface area contributed by atoms with Crippen LogP contribution in [-0.4, -0.2) is 70.6 Å². The molecule has 206 valence electrons. The zero-order valence-corrected chi connectivity index (χ0v) is 22.8. The summed E-state index contributed by atoms with van der Waals surface area (Å²) in [5.41, 5.74) is 4.16. The summed E-state index contributed by atoms with van der Waals surface area (Å²) >= 11 is 5.89. The van der Waals surface area contributed by atoms with Crippen molar-refractivity contribution in [2.75, 3.05) is 46.0 Å². The monoisotopic (exact) mass is 561 g/mol. The number of rotatable bonds is 13. The number of hydrogen-bond donors (Lipinski definition) is 1. The van der Waals surface area contributed by atoms with Crippen molar-refractivity contribution in [2.45, 2.75) is 6.54 Å².